The van der Waals surface area contributed by atoms with Crippen molar-refractivity contribution >= 4 is 27.7 Å². The Morgan fingerprint density at radius 3 is 2.07 bits per heavy atom. The summed E-state index contributed by atoms with van der Waals surface area (Å²) < 4.78 is 31.8. The molecule has 0 saturated carbocycles. The van der Waals surface area contributed by atoms with Crippen LogP contribution in [-0.2, 0) is 14.8 Å². The molecule has 1 amide bonds. The lowest BCUT2D eigenvalue weighted by Gasteiger charge is -2.38. The van der Waals surface area contributed by atoms with Crippen LogP contribution >= 0.6 is 11.8 Å². The number of thioether (sulfide) groups is 1. The molecule has 1 unspecified atom stereocenters. The monoisotopic (exact) mass is 410 g/mol. The zero-order valence-electron chi connectivity index (χ0n) is 15.2. The highest BCUT2D eigenvalue weighted by Gasteiger charge is 2.51. The number of aliphatic hydroxyl groups is 1. The summed E-state index contributed by atoms with van der Waals surface area (Å²) in [6, 6.07) is 14.6. The number of amides is 1. The third-order valence-corrected chi connectivity index (χ3v) is 6.91. The fourth-order valence-electron chi connectivity index (χ4n) is 2.18. The van der Waals surface area contributed by atoms with E-state index in [0.717, 1.165) is 11.8 Å². The SMILES string of the molecule is CSC(C)(C)C(O)(NS(=O)(=O)c1ccc(Oc2ccccc2)cc1)C(N)=O. The highest BCUT2D eigenvalue weighted by atomic mass is 32.2. The second kappa shape index (κ2) is 7.89. The summed E-state index contributed by atoms with van der Waals surface area (Å²) in [5.74, 6) is -0.139. The normalized spacial score (nSPS) is 14.4. The number of benzene rings is 2. The fraction of sp³-hybridized carbons (Fsp3) is 0.278. The van der Waals surface area contributed by atoms with Gasteiger partial charge in [-0.3, -0.25) is 4.79 Å². The molecule has 2 rings (SSSR count). The van der Waals surface area contributed by atoms with Crippen LogP contribution in [0.5, 0.6) is 11.5 Å². The average molecular weight is 411 g/mol. The summed E-state index contributed by atoms with van der Waals surface area (Å²) in [6.45, 7) is 3.03. The summed E-state index contributed by atoms with van der Waals surface area (Å²) in [7, 11) is -4.22. The van der Waals surface area contributed by atoms with Gasteiger partial charge in [0.05, 0.1) is 9.64 Å². The number of carbonyl (C=O) groups is 1. The van der Waals surface area contributed by atoms with Gasteiger partial charge in [0, 0.05) is 0 Å². The van der Waals surface area contributed by atoms with Crippen LogP contribution in [0.1, 0.15) is 13.8 Å². The average Bonchev–Trinajstić information content (AvgIpc) is 2.62. The lowest BCUT2D eigenvalue weighted by molar-refractivity contribution is -0.140. The number of hydrogen-bond acceptors (Lipinski definition) is 6. The second-order valence-electron chi connectivity index (χ2n) is 6.28. The van der Waals surface area contributed by atoms with Gasteiger partial charge in [-0.05, 0) is 56.5 Å². The van der Waals surface area contributed by atoms with Crippen molar-refractivity contribution in [2.45, 2.75) is 29.2 Å². The molecule has 146 valence electrons. The first-order valence-corrected chi connectivity index (χ1v) is 10.7. The van der Waals surface area contributed by atoms with E-state index >= 15 is 0 Å². The summed E-state index contributed by atoms with van der Waals surface area (Å²) in [6.07, 6.45) is 1.64. The van der Waals surface area contributed by atoms with Gasteiger partial charge < -0.3 is 15.6 Å². The van der Waals surface area contributed by atoms with E-state index in [9.17, 15) is 18.3 Å². The predicted molar refractivity (Wildman–Crippen MR) is 105 cm³/mol. The van der Waals surface area contributed by atoms with Crippen molar-refractivity contribution in [1.29, 1.82) is 0 Å². The van der Waals surface area contributed by atoms with Crippen molar-refractivity contribution in [2.75, 3.05) is 6.26 Å². The third kappa shape index (κ3) is 4.62. The Morgan fingerprint density at radius 1 is 1.07 bits per heavy atom. The van der Waals surface area contributed by atoms with Crippen LogP contribution in [-0.4, -0.2) is 36.2 Å². The molecule has 0 fully saturated rings. The second-order valence-corrected chi connectivity index (χ2v) is 9.39. The van der Waals surface area contributed by atoms with Crippen LogP contribution in [0.4, 0.5) is 0 Å². The molecule has 0 aliphatic rings. The molecule has 2 aromatic carbocycles. The molecule has 0 heterocycles. The molecular weight excluding hydrogens is 388 g/mol. The molecule has 4 N–H and O–H groups in total. The minimum atomic E-state index is -4.22. The zero-order valence-corrected chi connectivity index (χ0v) is 16.8. The lowest BCUT2D eigenvalue weighted by atomic mass is 9.99. The predicted octanol–water partition coefficient (Wildman–Crippen LogP) is 2.07. The van der Waals surface area contributed by atoms with Gasteiger partial charge in [-0.25, -0.2) is 8.42 Å². The first-order valence-electron chi connectivity index (χ1n) is 7.96. The van der Waals surface area contributed by atoms with Crippen LogP contribution in [0, 0.1) is 0 Å². The van der Waals surface area contributed by atoms with E-state index in [2.05, 4.69) is 0 Å². The maximum Gasteiger partial charge on any atom is 0.267 e. The van der Waals surface area contributed by atoms with Crippen molar-refractivity contribution in [1.82, 2.24) is 4.72 Å². The van der Waals surface area contributed by atoms with E-state index in [1.54, 1.807) is 18.4 Å². The minimum absolute atomic E-state index is 0.139. The van der Waals surface area contributed by atoms with Crippen LogP contribution < -0.4 is 15.2 Å². The molecule has 0 aliphatic heterocycles. The van der Waals surface area contributed by atoms with E-state index in [-0.39, 0.29) is 4.90 Å². The minimum Gasteiger partial charge on any atom is -0.457 e. The topological polar surface area (TPSA) is 119 Å². The van der Waals surface area contributed by atoms with Gasteiger partial charge in [0.1, 0.15) is 11.5 Å². The molecule has 7 nitrogen and oxygen atoms in total. The maximum atomic E-state index is 12.7. The fourth-order valence-corrected chi connectivity index (χ4v) is 4.05. The van der Waals surface area contributed by atoms with Gasteiger partial charge in [0.25, 0.3) is 5.91 Å². The summed E-state index contributed by atoms with van der Waals surface area (Å²) in [5.41, 5.74) is 2.81. The van der Waals surface area contributed by atoms with E-state index < -0.39 is 26.4 Å². The highest BCUT2D eigenvalue weighted by molar-refractivity contribution is 8.00. The summed E-state index contributed by atoms with van der Waals surface area (Å²) >= 11 is 1.10. The number of rotatable bonds is 8. The number of para-hydroxylation sites is 1. The third-order valence-electron chi connectivity index (χ3n) is 4.13. The standard InChI is InChI=1S/C18H22N2O5S2/c1-17(2,26-3)18(22,16(19)21)20-27(23,24)15-11-9-14(10-12-15)25-13-7-5-4-6-8-13/h4-12,20,22H,1-3H3,(H2,19,21). The van der Waals surface area contributed by atoms with Crippen molar-refractivity contribution < 1.29 is 23.1 Å². The number of sulfonamides is 1. The molecule has 0 saturated heterocycles. The lowest BCUT2D eigenvalue weighted by Crippen LogP contribution is -2.67. The molecule has 0 bridgehead atoms. The van der Waals surface area contributed by atoms with Crippen LogP contribution in [0.2, 0.25) is 0 Å². The first-order chi connectivity index (χ1) is 12.5. The number of hydrogen-bond donors (Lipinski definition) is 3. The Hall–Kier alpha value is -2.07. The molecule has 27 heavy (non-hydrogen) atoms. The molecule has 0 spiro atoms. The van der Waals surface area contributed by atoms with Crippen molar-refractivity contribution in [2.24, 2.45) is 5.73 Å². The Morgan fingerprint density at radius 2 is 1.59 bits per heavy atom. The van der Waals surface area contributed by atoms with E-state index in [0.29, 0.717) is 11.5 Å². The van der Waals surface area contributed by atoms with Gasteiger partial charge in [-0.1, -0.05) is 18.2 Å². The van der Waals surface area contributed by atoms with Gasteiger partial charge in [-0.2, -0.15) is 16.5 Å². The number of carbonyl (C=O) groups excluding carboxylic acids is 1. The molecular formula is C18H22N2O5S2. The van der Waals surface area contributed by atoms with Crippen LogP contribution in [0.3, 0.4) is 0 Å². The molecule has 0 radical (unpaired) electrons. The summed E-state index contributed by atoms with van der Waals surface area (Å²) in [4.78, 5) is 11.7. The van der Waals surface area contributed by atoms with E-state index in [4.69, 9.17) is 10.5 Å². The van der Waals surface area contributed by atoms with Crippen molar-refractivity contribution in [3.8, 4) is 11.5 Å². The Bertz CT molecular complexity index is 899. The number of nitrogens with two attached hydrogens (primary N) is 1. The number of primary amides is 1. The Labute approximate surface area is 163 Å². The van der Waals surface area contributed by atoms with Gasteiger partial charge in [0.2, 0.25) is 15.7 Å². The van der Waals surface area contributed by atoms with E-state index in [1.165, 1.54) is 38.1 Å². The Balaban J connectivity index is 2.27. The largest absolute Gasteiger partial charge is 0.457 e. The van der Waals surface area contributed by atoms with Crippen LogP contribution in [0.15, 0.2) is 59.5 Å². The highest BCUT2D eigenvalue weighted by Crippen LogP contribution is 2.33. The number of ether oxygens (including phenoxy) is 1. The first kappa shape index (κ1) is 21.2. The molecule has 1 atom stereocenters. The summed E-state index contributed by atoms with van der Waals surface area (Å²) in [5, 5.41) is 10.7. The zero-order chi connectivity index (χ0) is 20.3. The molecule has 0 aliphatic carbocycles. The van der Waals surface area contributed by atoms with Crippen molar-refractivity contribution in [3.05, 3.63) is 54.6 Å². The van der Waals surface area contributed by atoms with Gasteiger partial charge in [0.15, 0.2) is 0 Å². The molecule has 0 aromatic heterocycles. The van der Waals surface area contributed by atoms with E-state index in [1.807, 2.05) is 22.9 Å². The molecule has 2 aromatic rings. The Kier molecular flexibility index (Phi) is 6.21. The quantitative estimate of drug-likeness (QED) is 0.573. The number of nitrogens with one attached hydrogen (secondary N) is 1. The van der Waals surface area contributed by atoms with Crippen molar-refractivity contribution in [3.63, 3.8) is 0 Å². The smallest absolute Gasteiger partial charge is 0.267 e. The van der Waals surface area contributed by atoms with Crippen LogP contribution in [0.25, 0.3) is 0 Å². The molecule has 9 heteroatoms. The maximum absolute atomic E-state index is 12.7. The van der Waals surface area contributed by atoms with Gasteiger partial charge in [-0.15, -0.1) is 0 Å². The van der Waals surface area contributed by atoms with Gasteiger partial charge >= 0.3 is 0 Å².